The number of hydrogen-bond acceptors (Lipinski definition) is 8. The number of fused-ring (bicyclic) bond motifs is 1. The van der Waals surface area contributed by atoms with Crippen molar-refractivity contribution in [3.05, 3.63) is 39.4 Å². The molecule has 0 bridgehead atoms. The zero-order chi connectivity index (χ0) is 29.9. The number of hydrogen-bond donors (Lipinski definition) is 3. The van der Waals surface area contributed by atoms with Crippen molar-refractivity contribution in [2.24, 2.45) is 23.5 Å². The van der Waals surface area contributed by atoms with Crippen LogP contribution in [0, 0.1) is 17.8 Å². The lowest BCUT2D eigenvalue weighted by Gasteiger charge is -2.52. The lowest BCUT2D eigenvalue weighted by Crippen LogP contribution is -2.64. The molecule has 1 fully saturated rings. The molecule has 0 aliphatic heterocycles. The predicted octanol–water partition coefficient (Wildman–Crippen LogP) is 2.72. The van der Waals surface area contributed by atoms with E-state index in [1.165, 1.54) is 0 Å². The Balaban J connectivity index is 1.96. The average Bonchev–Trinajstić information content (AvgIpc) is 2.86. The van der Waals surface area contributed by atoms with Gasteiger partial charge in [0.25, 0.3) is 0 Å². The van der Waals surface area contributed by atoms with Crippen molar-refractivity contribution in [3.63, 3.8) is 0 Å². The summed E-state index contributed by atoms with van der Waals surface area (Å²) < 4.78 is 5.69. The monoisotopic (exact) mass is 577 g/mol. The van der Waals surface area contributed by atoms with E-state index in [2.05, 4.69) is 11.8 Å². The second-order valence-electron chi connectivity index (χ2n) is 11.7. The highest BCUT2D eigenvalue weighted by Gasteiger charge is 2.58. The first-order valence-electron chi connectivity index (χ1n) is 14.0. The highest BCUT2D eigenvalue weighted by atomic mass is 35.5. The molecule has 1 aromatic rings. The molecule has 2 aliphatic carbocycles. The summed E-state index contributed by atoms with van der Waals surface area (Å²) in [5.41, 5.74) is 6.36. The summed E-state index contributed by atoms with van der Waals surface area (Å²) in [5.74, 6) is -3.05. The Kier molecular flexibility index (Phi) is 10.6. The van der Waals surface area contributed by atoms with Gasteiger partial charge in [-0.05, 0) is 101 Å². The van der Waals surface area contributed by atoms with Crippen molar-refractivity contribution in [2.75, 3.05) is 33.8 Å². The number of aliphatic hydroxyl groups is 1. The van der Waals surface area contributed by atoms with Crippen LogP contribution in [0.15, 0.2) is 23.3 Å². The molecular weight excluding hydrogens is 534 g/mol. The van der Waals surface area contributed by atoms with Gasteiger partial charge in [0.1, 0.15) is 18.0 Å². The maximum Gasteiger partial charge on any atom is 0.228 e. The zero-order valence-electron chi connectivity index (χ0n) is 24.4. The number of benzene rings is 1. The number of ketones is 1. The maximum absolute atomic E-state index is 13.3. The van der Waals surface area contributed by atoms with Crippen molar-refractivity contribution in [2.45, 2.75) is 71.2 Å². The van der Waals surface area contributed by atoms with Crippen LogP contribution in [0.5, 0.6) is 5.75 Å². The van der Waals surface area contributed by atoms with Crippen molar-refractivity contribution in [1.82, 2.24) is 9.80 Å². The van der Waals surface area contributed by atoms with Gasteiger partial charge in [0.15, 0.2) is 5.78 Å². The summed E-state index contributed by atoms with van der Waals surface area (Å²) in [4.78, 5) is 41.7. The normalized spacial score (nSPS) is 27.0. The molecule has 4 N–H and O–H groups in total. The van der Waals surface area contributed by atoms with Crippen molar-refractivity contribution in [1.29, 1.82) is 0 Å². The Labute approximate surface area is 242 Å². The van der Waals surface area contributed by atoms with E-state index in [0.717, 1.165) is 18.4 Å². The first kappa shape index (κ1) is 32.2. The molecule has 1 saturated carbocycles. The van der Waals surface area contributed by atoms with E-state index in [1.54, 1.807) is 38.1 Å². The maximum atomic E-state index is 13.3. The molecule has 9 nitrogen and oxygen atoms in total. The molecule has 2 aliphatic rings. The molecule has 0 heterocycles. The number of amides is 1. The van der Waals surface area contributed by atoms with Crippen molar-refractivity contribution >= 4 is 29.6 Å². The second-order valence-corrected chi connectivity index (χ2v) is 12.1. The quantitative estimate of drug-likeness (QED) is 0.255. The first-order valence-corrected chi connectivity index (χ1v) is 14.3. The summed E-state index contributed by atoms with van der Waals surface area (Å²) in [5, 5.41) is 23.0. The summed E-state index contributed by atoms with van der Waals surface area (Å²) >= 11 is 6.90. The van der Waals surface area contributed by atoms with Crippen LogP contribution in [-0.2, 0) is 32.1 Å². The molecule has 10 heteroatoms. The average molecular weight is 578 g/mol. The molecule has 0 spiro atoms. The van der Waals surface area contributed by atoms with Crippen LogP contribution < -0.4 is 5.73 Å². The van der Waals surface area contributed by atoms with E-state index >= 15 is 0 Å². The van der Waals surface area contributed by atoms with E-state index in [-0.39, 0.29) is 30.0 Å². The van der Waals surface area contributed by atoms with E-state index in [4.69, 9.17) is 22.1 Å². The van der Waals surface area contributed by atoms with Crippen LogP contribution in [0.4, 0.5) is 0 Å². The minimum Gasteiger partial charge on any atom is -0.508 e. The van der Waals surface area contributed by atoms with Gasteiger partial charge < -0.3 is 20.7 Å². The summed E-state index contributed by atoms with van der Waals surface area (Å²) in [6, 6.07) is 2.52. The lowest BCUT2D eigenvalue weighted by molar-refractivity contribution is -0.153. The standard InChI is InChI=1S/C30H44ClN3O6/c1-7-34(8-9-40-17(2)3)15-21-12-22(36)11-20(26(21)31)10-19-13-25-27(33(5)6)28(37)23(29(32)38)14-30(25,39)18(4)24(19)16-35/h11-12,16-17,19,23,25,27,36,39H,7-10,13-15H2,1-6H3,(H2,32,38). The van der Waals surface area contributed by atoms with Gasteiger partial charge >= 0.3 is 0 Å². The highest BCUT2D eigenvalue weighted by Crippen LogP contribution is 2.51. The fraction of sp³-hybridized carbons (Fsp3) is 0.633. The molecule has 40 heavy (non-hydrogen) atoms. The molecule has 5 atom stereocenters. The van der Waals surface area contributed by atoms with Gasteiger partial charge in [0.05, 0.1) is 24.4 Å². The lowest BCUT2D eigenvalue weighted by atomic mass is 9.57. The summed E-state index contributed by atoms with van der Waals surface area (Å²) in [7, 11) is 3.47. The van der Waals surface area contributed by atoms with E-state index < -0.39 is 29.4 Å². The van der Waals surface area contributed by atoms with Crippen LogP contribution in [-0.4, -0.2) is 89.5 Å². The molecule has 0 aromatic heterocycles. The molecular formula is C30H44ClN3O6. The number of halogens is 1. The second kappa shape index (κ2) is 13.1. The molecule has 3 rings (SSSR count). The van der Waals surface area contributed by atoms with Gasteiger partial charge in [-0.15, -0.1) is 0 Å². The van der Waals surface area contributed by atoms with Gasteiger partial charge in [0, 0.05) is 24.0 Å². The number of phenolic OH excluding ortho intramolecular Hbond substituents is 1. The number of primary amides is 1. The van der Waals surface area contributed by atoms with Gasteiger partial charge in [-0.2, -0.15) is 0 Å². The number of nitrogens with zero attached hydrogens (tertiary/aromatic N) is 2. The zero-order valence-corrected chi connectivity index (χ0v) is 25.2. The SMILES string of the molecule is CCN(CCOC(C)C)Cc1cc(O)cc(CC2CC3C(N(C)C)C(=O)C(C(N)=O)CC3(O)C(C)=C2C=O)c1Cl. The first-order chi connectivity index (χ1) is 18.7. The largest absolute Gasteiger partial charge is 0.508 e. The molecule has 1 amide bonds. The predicted molar refractivity (Wildman–Crippen MR) is 154 cm³/mol. The fourth-order valence-electron chi connectivity index (χ4n) is 6.47. The Bertz CT molecular complexity index is 1150. The molecule has 0 saturated heterocycles. The number of ether oxygens (including phenoxy) is 1. The number of aromatic hydroxyl groups is 1. The van der Waals surface area contributed by atoms with Crippen molar-refractivity contribution in [3.8, 4) is 5.75 Å². The smallest absolute Gasteiger partial charge is 0.228 e. The number of carbonyl (C=O) groups excluding carboxylic acids is 3. The Hall–Kier alpha value is -2.30. The number of allylic oxidation sites excluding steroid dienone is 1. The fourth-order valence-corrected chi connectivity index (χ4v) is 6.72. The van der Waals surface area contributed by atoms with Gasteiger partial charge in [-0.25, -0.2) is 0 Å². The third-order valence-corrected chi connectivity index (χ3v) is 9.09. The minimum absolute atomic E-state index is 0.0767. The summed E-state index contributed by atoms with van der Waals surface area (Å²) in [6.07, 6.45) is 1.42. The molecule has 5 unspecified atom stereocenters. The number of nitrogens with two attached hydrogens (primary N) is 1. The Morgan fingerprint density at radius 2 is 1.95 bits per heavy atom. The highest BCUT2D eigenvalue weighted by molar-refractivity contribution is 6.32. The van der Waals surface area contributed by atoms with Crippen LogP contribution in [0.3, 0.4) is 0 Å². The minimum atomic E-state index is -1.53. The topological polar surface area (TPSA) is 133 Å². The third-order valence-electron chi connectivity index (χ3n) is 8.61. The van der Waals surface area contributed by atoms with E-state index in [1.807, 2.05) is 13.8 Å². The number of carbonyl (C=O) groups is 3. The summed E-state index contributed by atoms with van der Waals surface area (Å²) in [6.45, 7) is 10.3. The van der Waals surface area contributed by atoms with E-state index in [0.29, 0.717) is 54.3 Å². The number of rotatable bonds is 12. The molecule has 0 radical (unpaired) electrons. The van der Waals surface area contributed by atoms with E-state index in [9.17, 15) is 24.6 Å². The van der Waals surface area contributed by atoms with Crippen LogP contribution in [0.1, 0.15) is 51.7 Å². The van der Waals surface area contributed by atoms with Crippen LogP contribution in [0.2, 0.25) is 5.02 Å². The Morgan fingerprint density at radius 1 is 1.30 bits per heavy atom. The number of Topliss-reactive ketones (excluding diaryl/α,β-unsaturated/α-hetero) is 1. The number of phenols is 1. The van der Waals surface area contributed by atoms with Gasteiger partial charge in [0.2, 0.25) is 5.91 Å². The molecule has 1 aromatic carbocycles. The van der Waals surface area contributed by atoms with Crippen LogP contribution in [0.25, 0.3) is 0 Å². The molecule has 222 valence electrons. The van der Waals surface area contributed by atoms with Crippen molar-refractivity contribution < 1.29 is 29.3 Å². The number of aldehydes is 1. The van der Waals surface area contributed by atoms with Gasteiger partial charge in [-0.3, -0.25) is 24.2 Å². The number of likely N-dealkylation sites (N-methyl/N-ethyl adjacent to an activating group) is 2. The van der Waals surface area contributed by atoms with Gasteiger partial charge in [-0.1, -0.05) is 18.5 Å². The third kappa shape index (κ3) is 6.60. The van der Waals surface area contributed by atoms with Crippen LogP contribution >= 0.6 is 11.6 Å². The Morgan fingerprint density at radius 3 is 2.50 bits per heavy atom.